The maximum atomic E-state index is 10.5. The summed E-state index contributed by atoms with van der Waals surface area (Å²) in [6.07, 6.45) is 0. The maximum Gasteiger partial charge on any atom is 0.307 e. The van der Waals surface area contributed by atoms with Gasteiger partial charge in [-0.3, -0.25) is 4.79 Å². The van der Waals surface area contributed by atoms with Crippen molar-refractivity contribution in [2.24, 2.45) is 5.92 Å². The topological polar surface area (TPSA) is 37.3 Å². The Bertz CT molecular complexity index is 312. The van der Waals surface area contributed by atoms with Crippen molar-refractivity contribution in [3.63, 3.8) is 0 Å². The number of hydrogen-bond acceptors (Lipinski definition) is 3. The third kappa shape index (κ3) is 3.90. The molecule has 0 saturated heterocycles. The van der Waals surface area contributed by atoms with Crippen molar-refractivity contribution >= 4 is 40.7 Å². The van der Waals surface area contributed by atoms with Crippen molar-refractivity contribution < 1.29 is 9.90 Å². The molecule has 0 fully saturated rings. The van der Waals surface area contributed by atoms with E-state index in [0.29, 0.717) is 5.75 Å². The van der Waals surface area contributed by atoms with Gasteiger partial charge >= 0.3 is 5.97 Å². The smallest absolute Gasteiger partial charge is 0.307 e. The zero-order valence-corrected chi connectivity index (χ0v) is 10.1. The predicted octanol–water partition coefficient (Wildman–Crippen LogP) is 3.36. The summed E-state index contributed by atoms with van der Waals surface area (Å²) in [5, 5.41) is 8.65. The van der Waals surface area contributed by atoms with Gasteiger partial charge in [0.1, 0.15) is 0 Å². The molecule has 0 aliphatic heterocycles. The van der Waals surface area contributed by atoms with Gasteiger partial charge in [-0.05, 0) is 12.1 Å². The van der Waals surface area contributed by atoms with Gasteiger partial charge in [0.05, 0.1) is 10.3 Å². The molecule has 1 atom stereocenters. The zero-order chi connectivity index (χ0) is 10.6. The molecule has 0 saturated carbocycles. The van der Waals surface area contributed by atoms with Crippen LogP contribution in [0.2, 0.25) is 4.34 Å². The van der Waals surface area contributed by atoms with Crippen molar-refractivity contribution in [1.82, 2.24) is 0 Å². The van der Waals surface area contributed by atoms with Crippen LogP contribution in [0.25, 0.3) is 0 Å². The fourth-order valence-corrected chi connectivity index (χ4v) is 3.12. The second-order valence-corrected chi connectivity index (χ2v) is 5.79. The molecule has 1 aromatic rings. The Morgan fingerprint density at radius 2 is 2.43 bits per heavy atom. The zero-order valence-electron chi connectivity index (χ0n) is 7.70. The molecule has 14 heavy (non-hydrogen) atoms. The molecule has 1 unspecified atom stereocenters. The summed E-state index contributed by atoms with van der Waals surface area (Å²) in [6, 6.07) is 3.84. The minimum absolute atomic E-state index is 0.282. The van der Waals surface area contributed by atoms with Crippen molar-refractivity contribution in [3.05, 3.63) is 21.3 Å². The molecule has 0 aromatic carbocycles. The van der Waals surface area contributed by atoms with E-state index in [1.807, 2.05) is 12.1 Å². The Labute approximate surface area is 96.3 Å². The van der Waals surface area contributed by atoms with E-state index in [1.165, 1.54) is 4.88 Å². The molecule has 2 nitrogen and oxygen atoms in total. The summed E-state index contributed by atoms with van der Waals surface area (Å²) in [5.74, 6) is 0.469. The first-order valence-corrected chi connectivity index (χ1v) is 6.49. The molecule has 1 N–H and O–H groups in total. The average molecular weight is 251 g/mol. The molecular weight excluding hydrogens is 240 g/mol. The van der Waals surface area contributed by atoms with E-state index in [2.05, 4.69) is 0 Å². The van der Waals surface area contributed by atoms with Gasteiger partial charge in [-0.25, -0.2) is 0 Å². The Kier molecular flexibility index (Phi) is 4.78. The fraction of sp³-hybridized carbons (Fsp3) is 0.444. The van der Waals surface area contributed by atoms with Crippen molar-refractivity contribution in [1.29, 1.82) is 0 Å². The summed E-state index contributed by atoms with van der Waals surface area (Å²) >= 11 is 8.94. The number of aliphatic carboxylic acids is 1. The molecule has 0 aliphatic rings. The monoisotopic (exact) mass is 250 g/mol. The van der Waals surface area contributed by atoms with E-state index in [-0.39, 0.29) is 5.92 Å². The van der Waals surface area contributed by atoms with Crippen molar-refractivity contribution in [3.8, 4) is 0 Å². The minimum Gasteiger partial charge on any atom is -0.481 e. The summed E-state index contributed by atoms with van der Waals surface area (Å²) in [4.78, 5) is 11.7. The lowest BCUT2D eigenvalue weighted by atomic mass is 10.2. The van der Waals surface area contributed by atoms with E-state index in [0.717, 1.165) is 10.1 Å². The summed E-state index contributed by atoms with van der Waals surface area (Å²) < 4.78 is 0.784. The molecule has 5 heteroatoms. The molecule has 78 valence electrons. The first kappa shape index (κ1) is 11.9. The van der Waals surface area contributed by atoms with Gasteiger partial charge in [0.25, 0.3) is 0 Å². The van der Waals surface area contributed by atoms with Crippen LogP contribution in [0.4, 0.5) is 0 Å². The second kappa shape index (κ2) is 5.63. The third-order valence-electron chi connectivity index (χ3n) is 1.66. The number of thioether (sulfide) groups is 1. The third-order valence-corrected chi connectivity index (χ3v) is 4.33. The number of carboxylic acid groups (broad SMARTS) is 1. The quantitative estimate of drug-likeness (QED) is 0.871. The Hall–Kier alpha value is -0.190. The summed E-state index contributed by atoms with van der Waals surface area (Å²) in [7, 11) is 0. The fourth-order valence-electron chi connectivity index (χ4n) is 0.837. The van der Waals surface area contributed by atoms with E-state index in [1.54, 1.807) is 30.0 Å². The van der Waals surface area contributed by atoms with Crippen LogP contribution in [0.15, 0.2) is 12.1 Å². The Balaban J connectivity index is 2.25. The van der Waals surface area contributed by atoms with Crippen molar-refractivity contribution in [2.75, 3.05) is 5.75 Å². The van der Waals surface area contributed by atoms with Gasteiger partial charge in [0.2, 0.25) is 0 Å². The van der Waals surface area contributed by atoms with Gasteiger partial charge in [0.15, 0.2) is 0 Å². The highest BCUT2D eigenvalue weighted by Gasteiger charge is 2.10. The molecule has 0 spiro atoms. The van der Waals surface area contributed by atoms with Gasteiger partial charge in [0, 0.05) is 16.4 Å². The lowest BCUT2D eigenvalue weighted by Crippen LogP contribution is -2.11. The normalized spacial score (nSPS) is 12.7. The molecule has 1 rings (SSSR count). The van der Waals surface area contributed by atoms with Gasteiger partial charge in [-0.2, -0.15) is 11.8 Å². The van der Waals surface area contributed by atoms with E-state index < -0.39 is 5.97 Å². The second-order valence-electron chi connectivity index (χ2n) is 2.96. The first-order valence-electron chi connectivity index (χ1n) is 4.14. The highest BCUT2D eigenvalue weighted by molar-refractivity contribution is 7.98. The molecule has 0 aliphatic carbocycles. The number of thiophene rings is 1. The Morgan fingerprint density at radius 1 is 1.71 bits per heavy atom. The number of rotatable bonds is 5. The number of carbonyl (C=O) groups is 1. The standard InChI is InChI=1S/C9H11ClO2S2/c1-6(9(11)12)4-13-5-7-2-3-8(10)14-7/h2-3,6H,4-5H2,1H3,(H,11,12). The van der Waals surface area contributed by atoms with E-state index >= 15 is 0 Å². The van der Waals surface area contributed by atoms with Crippen LogP contribution in [0.3, 0.4) is 0 Å². The summed E-state index contributed by atoms with van der Waals surface area (Å²) in [6.45, 7) is 1.72. The average Bonchev–Trinajstić information content (AvgIpc) is 2.51. The summed E-state index contributed by atoms with van der Waals surface area (Å²) in [5.41, 5.74) is 0. The van der Waals surface area contributed by atoms with Crippen molar-refractivity contribution in [2.45, 2.75) is 12.7 Å². The SMILES string of the molecule is CC(CSCc1ccc(Cl)s1)C(=O)O. The van der Waals surface area contributed by atoms with Crippen LogP contribution in [-0.2, 0) is 10.5 Å². The first-order chi connectivity index (χ1) is 6.59. The van der Waals surface area contributed by atoms with Crippen LogP contribution >= 0.6 is 34.7 Å². The lowest BCUT2D eigenvalue weighted by molar-refractivity contribution is -0.140. The lowest BCUT2D eigenvalue weighted by Gasteiger charge is -2.03. The molecule has 1 aromatic heterocycles. The maximum absolute atomic E-state index is 10.5. The number of carboxylic acids is 1. The van der Waals surface area contributed by atoms with Crippen LogP contribution < -0.4 is 0 Å². The van der Waals surface area contributed by atoms with E-state index in [4.69, 9.17) is 16.7 Å². The Morgan fingerprint density at radius 3 is 2.93 bits per heavy atom. The number of halogens is 1. The van der Waals surface area contributed by atoms with E-state index in [9.17, 15) is 4.79 Å². The van der Waals surface area contributed by atoms with Crippen LogP contribution in [0.5, 0.6) is 0 Å². The molecule has 0 radical (unpaired) electrons. The molecular formula is C9H11ClO2S2. The number of hydrogen-bond donors (Lipinski definition) is 1. The minimum atomic E-state index is -0.735. The van der Waals surface area contributed by atoms with Crippen LogP contribution in [0, 0.1) is 5.92 Å². The predicted molar refractivity (Wildman–Crippen MR) is 62.3 cm³/mol. The van der Waals surface area contributed by atoms with Crippen LogP contribution in [0.1, 0.15) is 11.8 Å². The largest absolute Gasteiger partial charge is 0.481 e. The van der Waals surface area contributed by atoms with Gasteiger partial charge in [-0.15, -0.1) is 11.3 Å². The highest BCUT2D eigenvalue weighted by atomic mass is 35.5. The molecule has 1 heterocycles. The molecule has 0 bridgehead atoms. The van der Waals surface area contributed by atoms with Gasteiger partial charge in [-0.1, -0.05) is 18.5 Å². The highest BCUT2D eigenvalue weighted by Crippen LogP contribution is 2.25. The van der Waals surface area contributed by atoms with Crippen LogP contribution in [-0.4, -0.2) is 16.8 Å². The van der Waals surface area contributed by atoms with Gasteiger partial charge < -0.3 is 5.11 Å². The molecule has 0 amide bonds.